The summed E-state index contributed by atoms with van der Waals surface area (Å²) in [5, 5.41) is 0. The molecule has 0 radical (unpaired) electrons. The molecule has 8 N–H and O–H groups in total. The molecule has 0 fully saturated rings. The summed E-state index contributed by atoms with van der Waals surface area (Å²) < 4.78 is 40.5. The summed E-state index contributed by atoms with van der Waals surface area (Å²) >= 11 is 0. The van der Waals surface area contributed by atoms with Crippen molar-refractivity contribution < 1.29 is 36.8 Å². The van der Waals surface area contributed by atoms with Gasteiger partial charge in [-0.1, -0.05) is 0 Å². The molecule has 0 heterocycles. The standard InChI is InChI=1S/H3N.Na.H3O4P.H2O4S.H/c;;2*1-5(2,3)4;/h1H3;;(H3,1,2,3,4);(H2,1,2,3,4);. The van der Waals surface area contributed by atoms with E-state index in [-0.39, 0.29) is 35.7 Å². The number of hydrogen-bond acceptors (Lipinski definition) is 4. The predicted octanol–water partition coefficient (Wildman–Crippen LogP) is -2.07. The Morgan fingerprint density at radius 1 is 1.00 bits per heavy atom. The Labute approximate surface area is 90.5 Å². The first-order chi connectivity index (χ1) is 4.00. The van der Waals surface area contributed by atoms with Crippen LogP contribution in [0.4, 0.5) is 0 Å². The zero-order chi connectivity index (χ0) is 9.00. The fourth-order valence-corrected chi connectivity index (χ4v) is 0. The third-order valence-corrected chi connectivity index (χ3v) is 0. The minimum absolute atomic E-state index is 0. The Bertz CT molecular complexity index is 197. The molecule has 0 rings (SSSR count). The second kappa shape index (κ2) is 8.53. The van der Waals surface area contributed by atoms with Crippen LogP contribution in [0, 0.1) is 0 Å². The maximum atomic E-state index is 8.88. The van der Waals surface area contributed by atoms with E-state index in [1.54, 1.807) is 0 Å². The fraction of sp³-hybridized carbons (Fsp3) is 0. The quantitative estimate of drug-likeness (QED) is 0.156. The van der Waals surface area contributed by atoms with E-state index < -0.39 is 18.2 Å². The Kier molecular flexibility index (Phi) is 16.4. The van der Waals surface area contributed by atoms with E-state index >= 15 is 0 Å². The molecule has 0 bridgehead atoms. The summed E-state index contributed by atoms with van der Waals surface area (Å²) in [6, 6.07) is 0. The van der Waals surface area contributed by atoms with E-state index in [0.717, 1.165) is 0 Å². The summed E-state index contributed by atoms with van der Waals surface area (Å²) in [5.74, 6) is 0. The molecule has 0 aliphatic carbocycles. The van der Waals surface area contributed by atoms with Crippen molar-refractivity contribution in [2.24, 2.45) is 0 Å². The summed E-state index contributed by atoms with van der Waals surface area (Å²) in [4.78, 5) is 21.6. The van der Waals surface area contributed by atoms with Gasteiger partial charge in [-0.05, 0) is 0 Å². The SMILES string of the molecule is N.O=P(O)(O)O.O=S(=O)(O)O.[NaH]. The molecule has 0 unspecified atom stereocenters. The first-order valence-electron chi connectivity index (χ1n) is 1.48. The van der Waals surface area contributed by atoms with Crippen LogP contribution in [0.5, 0.6) is 0 Å². The molecule has 0 amide bonds. The van der Waals surface area contributed by atoms with Gasteiger partial charge in [0.2, 0.25) is 0 Å². The third-order valence-electron chi connectivity index (χ3n) is 0. The topological polar surface area (TPSA) is 187 Å². The first kappa shape index (κ1) is 23.1. The van der Waals surface area contributed by atoms with E-state index in [9.17, 15) is 0 Å². The van der Waals surface area contributed by atoms with Gasteiger partial charge < -0.3 is 20.8 Å². The molecule has 0 aliphatic heterocycles. The minimum atomic E-state index is -4.67. The molecule has 0 spiro atoms. The molecule has 0 atom stereocenters. The third kappa shape index (κ3) is 1220. The van der Waals surface area contributed by atoms with Crippen LogP contribution in [0.3, 0.4) is 0 Å². The molecular weight excluding hydrogens is 228 g/mol. The van der Waals surface area contributed by atoms with Crippen molar-refractivity contribution in [3.05, 3.63) is 0 Å². The summed E-state index contributed by atoms with van der Waals surface area (Å²) in [6.45, 7) is 0. The molecule has 74 valence electrons. The Morgan fingerprint density at radius 2 is 1.00 bits per heavy atom. The monoisotopic (exact) mass is 237 g/mol. The van der Waals surface area contributed by atoms with Crippen molar-refractivity contribution in [1.82, 2.24) is 6.15 Å². The van der Waals surface area contributed by atoms with Crippen molar-refractivity contribution in [3.8, 4) is 0 Å². The average Bonchev–Trinajstić information content (AvgIpc) is 1.12. The average molecular weight is 237 g/mol. The van der Waals surface area contributed by atoms with Gasteiger partial charge in [-0.15, -0.1) is 0 Å². The summed E-state index contributed by atoms with van der Waals surface area (Å²) in [7, 11) is -9.31. The Morgan fingerprint density at radius 3 is 1.00 bits per heavy atom. The maximum absolute atomic E-state index is 8.88. The van der Waals surface area contributed by atoms with Crippen LogP contribution < -0.4 is 6.15 Å². The Balaban J connectivity index is -0.0000000457. The van der Waals surface area contributed by atoms with Gasteiger partial charge >= 0.3 is 47.8 Å². The van der Waals surface area contributed by atoms with Crippen LogP contribution in [0.15, 0.2) is 0 Å². The second-order valence-electron chi connectivity index (χ2n) is 0.961. The van der Waals surface area contributed by atoms with Crippen molar-refractivity contribution in [1.29, 1.82) is 0 Å². The number of phosphoric acid groups is 1. The molecule has 0 aliphatic rings. The molecule has 12 heteroatoms. The van der Waals surface area contributed by atoms with E-state index in [0.29, 0.717) is 0 Å². The van der Waals surface area contributed by atoms with E-state index in [1.165, 1.54) is 0 Å². The molecule has 0 aromatic carbocycles. The van der Waals surface area contributed by atoms with E-state index in [4.69, 9.17) is 36.8 Å². The van der Waals surface area contributed by atoms with Crippen molar-refractivity contribution in [2.75, 3.05) is 0 Å². The summed E-state index contributed by atoms with van der Waals surface area (Å²) in [5.41, 5.74) is 0. The Hall–Kier alpha value is 0.940. The predicted molar refractivity (Wildman–Crippen MR) is 40.6 cm³/mol. The number of hydrogen-bond donors (Lipinski definition) is 6. The van der Waals surface area contributed by atoms with Crippen LogP contribution in [0.2, 0.25) is 0 Å². The van der Waals surface area contributed by atoms with Crippen molar-refractivity contribution in [2.45, 2.75) is 0 Å². The fourth-order valence-electron chi connectivity index (χ4n) is 0. The normalized spacial score (nSPS) is 9.75. The van der Waals surface area contributed by atoms with Crippen molar-refractivity contribution >= 4 is 47.8 Å². The molecule has 0 saturated heterocycles. The van der Waals surface area contributed by atoms with Crippen LogP contribution in [0.1, 0.15) is 0 Å². The zero-order valence-corrected chi connectivity index (χ0v) is 6.73. The molecule has 9 nitrogen and oxygen atoms in total. The van der Waals surface area contributed by atoms with Gasteiger partial charge in [-0.2, -0.15) is 8.42 Å². The first-order valence-corrected chi connectivity index (χ1v) is 4.44. The number of rotatable bonds is 0. The van der Waals surface area contributed by atoms with Gasteiger partial charge in [-0.3, -0.25) is 9.11 Å². The molecule has 0 aromatic heterocycles. The molecule has 12 heavy (non-hydrogen) atoms. The second-order valence-corrected chi connectivity index (χ2v) is 2.88. The molecule has 0 aromatic rings. The van der Waals surface area contributed by atoms with Crippen molar-refractivity contribution in [3.63, 3.8) is 0 Å². The summed E-state index contributed by atoms with van der Waals surface area (Å²) in [6.07, 6.45) is 0. The van der Waals surface area contributed by atoms with Gasteiger partial charge in [0.1, 0.15) is 0 Å². The zero-order valence-electron chi connectivity index (χ0n) is 5.02. The van der Waals surface area contributed by atoms with Gasteiger partial charge in [0.15, 0.2) is 0 Å². The molecule has 0 saturated carbocycles. The van der Waals surface area contributed by atoms with Gasteiger partial charge in [0.05, 0.1) is 0 Å². The van der Waals surface area contributed by atoms with Crippen LogP contribution in [0.25, 0.3) is 0 Å². The van der Waals surface area contributed by atoms with E-state index in [1.807, 2.05) is 0 Å². The van der Waals surface area contributed by atoms with E-state index in [2.05, 4.69) is 0 Å². The molecular formula is H9NNaO8PS. The van der Waals surface area contributed by atoms with Crippen LogP contribution in [-0.4, -0.2) is 61.8 Å². The van der Waals surface area contributed by atoms with Gasteiger partial charge in [0.25, 0.3) is 0 Å². The van der Waals surface area contributed by atoms with Crippen LogP contribution in [-0.2, 0) is 15.0 Å². The van der Waals surface area contributed by atoms with Gasteiger partial charge in [0, 0.05) is 0 Å². The van der Waals surface area contributed by atoms with Gasteiger partial charge in [-0.25, -0.2) is 4.57 Å². The van der Waals surface area contributed by atoms with Crippen LogP contribution >= 0.6 is 7.82 Å².